The SMILES string of the molecule is CSC1CCC(Nc2c(F)cc(N)cc2F)CC1. The van der Waals surface area contributed by atoms with Crippen molar-refractivity contribution in [3.05, 3.63) is 23.8 Å². The van der Waals surface area contributed by atoms with Crippen molar-refractivity contribution in [2.75, 3.05) is 17.3 Å². The van der Waals surface area contributed by atoms with Crippen molar-refractivity contribution in [1.82, 2.24) is 0 Å². The van der Waals surface area contributed by atoms with E-state index < -0.39 is 11.6 Å². The Hall–Kier alpha value is -0.970. The molecule has 0 aromatic heterocycles. The quantitative estimate of drug-likeness (QED) is 0.825. The van der Waals surface area contributed by atoms with E-state index in [2.05, 4.69) is 11.6 Å². The van der Waals surface area contributed by atoms with Gasteiger partial charge < -0.3 is 11.1 Å². The van der Waals surface area contributed by atoms with Gasteiger partial charge in [-0.25, -0.2) is 8.78 Å². The first-order valence-corrected chi connectivity index (χ1v) is 7.42. The molecule has 0 aliphatic heterocycles. The lowest BCUT2D eigenvalue weighted by Gasteiger charge is -2.29. The fourth-order valence-corrected chi connectivity index (χ4v) is 3.12. The molecule has 1 aromatic carbocycles. The highest BCUT2D eigenvalue weighted by Gasteiger charge is 2.22. The lowest BCUT2D eigenvalue weighted by atomic mass is 9.94. The summed E-state index contributed by atoms with van der Waals surface area (Å²) >= 11 is 1.87. The van der Waals surface area contributed by atoms with E-state index >= 15 is 0 Å². The van der Waals surface area contributed by atoms with Crippen molar-refractivity contribution >= 4 is 23.1 Å². The molecule has 2 nitrogen and oxygen atoms in total. The number of nitrogens with two attached hydrogens (primary N) is 1. The first-order chi connectivity index (χ1) is 8.60. The van der Waals surface area contributed by atoms with Crippen molar-refractivity contribution < 1.29 is 8.78 Å². The third kappa shape index (κ3) is 3.07. The number of nitrogen functional groups attached to an aromatic ring is 1. The van der Waals surface area contributed by atoms with Crippen molar-refractivity contribution in [3.63, 3.8) is 0 Å². The number of anilines is 2. The predicted octanol–water partition coefficient (Wildman–Crippen LogP) is 3.63. The number of hydrogen-bond acceptors (Lipinski definition) is 3. The van der Waals surface area contributed by atoms with Gasteiger partial charge in [-0.1, -0.05) is 0 Å². The van der Waals surface area contributed by atoms with Crippen molar-refractivity contribution in [1.29, 1.82) is 0 Å². The summed E-state index contributed by atoms with van der Waals surface area (Å²) in [5, 5.41) is 3.66. The van der Waals surface area contributed by atoms with Crippen molar-refractivity contribution in [2.24, 2.45) is 0 Å². The molecule has 1 aliphatic rings. The predicted molar refractivity (Wildman–Crippen MR) is 74.0 cm³/mol. The van der Waals surface area contributed by atoms with Gasteiger partial charge in [0.1, 0.15) is 5.69 Å². The van der Waals surface area contributed by atoms with E-state index in [1.807, 2.05) is 11.8 Å². The van der Waals surface area contributed by atoms with Gasteiger partial charge in [0.2, 0.25) is 0 Å². The number of rotatable bonds is 3. The molecule has 0 atom stereocenters. The van der Waals surface area contributed by atoms with Crippen LogP contribution >= 0.6 is 11.8 Å². The van der Waals surface area contributed by atoms with Crippen LogP contribution in [0.1, 0.15) is 25.7 Å². The lowest BCUT2D eigenvalue weighted by Crippen LogP contribution is -2.27. The number of benzene rings is 1. The number of hydrogen-bond donors (Lipinski definition) is 2. The van der Waals surface area contributed by atoms with Gasteiger partial charge in [-0.15, -0.1) is 0 Å². The molecule has 0 radical (unpaired) electrons. The molecule has 1 aromatic rings. The van der Waals surface area contributed by atoms with Crippen LogP contribution in [0.5, 0.6) is 0 Å². The van der Waals surface area contributed by atoms with Crippen LogP contribution in [0.25, 0.3) is 0 Å². The second-order valence-corrected chi connectivity index (χ2v) is 5.85. The highest BCUT2D eigenvalue weighted by Crippen LogP contribution is 2.30. The molecule has 1 saturated carbocycles. The maximum absolute atomic E-state index is 13.6. The van der Waals surface area contributed by atoms with Crippen LogP contribution < -0.4 is 11.1 Å². The Kier molecular flexibility index (Phi) is 4.32. The van der Waals surface area contributed by atoms with Gasteiger partial charge in [0, 0.05) is 17.0 Å². The molecule has 1 aliphatic carbocycles. The zero-order valence-corrected chi connectivity index (χ0v) is 11.2. The topological polar surface area (TPSA) is 38.0 Å². The molecule has 3 N–H and O–H groups in total. The van der Waals surface area contributed by atoms with Crippen LogP contribution in [0.15, 0.2) is 12.1 Å². The molecule has 18 heavy (non-hydrogen) atoms. The van der Waals surface area contributed by atoms with Gasteiger partial charge in [-0.05, 0) is 44.1 Å². The molecule has 0 bridgehead atoms. The molecule has 100 valence electrons. The summed E-state index contributed by atoms with van der Waals surface area (Å²) in [6, 6.07) is 2.46. The zero-order valence-electron chi connectivity index (χ0n) is 10.4. The Morgan fingerprint density at radius 1 is 1.17 bits per heavy atom. The first-order valence-electron chi connectivity index (χ1n) is 6.14. The maximum atomic E-state index is 13.6. The van der Waals surface area contributed by atoms with E-state index in [4.69, 9.17) is 5.73 Å². The van der Waals surface area contributed by atoms with E-state index in [0.717, 1.165) is 37.8 Å². The van der Waals surface area contributed by atoms with Gasteiger partial charge in [-0.3, -0.25) is 0 Å². The summed E-state index contributed by atoms with van der Waals surface area (Å²) in [7, 11) is 0. The van der Waals surface area contributed by atoms with E-state index in [1.165, 1.54) is 0 Å². The van der Waals surface area contributed by atoms with Crippen LogP contribution in [0.4, 0.5) is 20.2 Å². The Morgan fingerprint density at radius 2 is 1.72 bits per heavy atom. The molecule has 0 heterocycles. The minimum atomic E-state index is -0.612. The molecule has 1 fully saturated rings. The van der Waals surface area contributed by atoms with E-state index in [0.29, 0.717) is 5.25 Å². The van der Waals surface area contributed by atoms with Gasteiger partial charge in [0.05, 0.1) is 0 Å². The molecule has 2 rings (SSSR count). The average molecular weight is 272 g/mol. The zero-order chi connectivity index (χ0) is 13.1. The van der Waals surface area contributed by atoms with Crippen LogP contribution in [0.3, 0.4) is 0 Å². The Bertz CT molecular complexity index is 394. The summed E-state index contributed by atoms with van der Waals surface area (Å²) in [6.07, 6.45) is 6.20. The number of halogens is 2. The van der Waals surface area contributed by atoms with Crippen LogP contribution in [0.2, 0.25) is 0 Å². The minimum absolute atomic E-state index is 0.0446. The summed E-state index contributed by atoms with van der Waals surface area (Å²) < 4.78 is 27.2. The highest BCUT2D eigenvalue weighted by molar-refractivity contribution is 7.99. The molecule has 0 spiro atoms. The normalized spacial score (nSPS) is 23.9. The Morgan fingerprint density at radius 3 is 2.22 bits per heavy atom. The largest absolute Gasteiger partial charge is 0.399 e. The van der Waals surface area contributed by atoms with Gasteiger partial charge in [-0.2, -0.15) is 11.8 Å². The molecule has 0 saturated heterocycles. The Balaban J connectivity index is 2.02. The highest BCUT2D eigenvalue weighted by atomic mass is 32.2. The monoisotopic (exact) mass is 272 g/mol. The van der Waals surface area contributed by atoms with Gasteiger partial charge in [0.15, 0.2) is 11.6 Å². The van der Waals surface area contributed by atoms with Crippen LogP contribution in [-0.4, -0.2) is 17.5 Å². The first kappa shape index (κ1) is 13.5. The maximum Gasteiger partial charge on any atom is 0.151 e. The number of nitrogens with one attached hydrogen (secondary N) is 1. The van der Waals surface area contributed by atoms with Gasteiger partial charge in [0.25, 0.3) is 0 Å². The minimum Gasteiger partial charge on any atom is -0.399 e. The lowest BCUT2D eigenvalue weighted by molar-refractivity contribution is 0.467. The molecular formula is C13H18F2N2S. The fourth-order valence-electron chi connectivity index (χ4n) is 2.38. The molecule has 0 unspecified atom stereocenters. The van der Waals surface area contributed by atoms with Crippen LogP contribution in [-0.2, 0) is 0 Å². The van der Waals surface area contributed by atoms with E-state index in [-0.39, 0.29) is 17.4 Å². The molecular weight excluding hydrogens is 254 g/mol. The second kappa shape index (κ2) is 5.78. The van der Waals surface area contributed by atoms with E-state index in [9.17, 15) is 8.78 Å². The number of thioether (sulfide) groups is 1. The third-order valence-corrected chi connectivity index (χ3v) is 4.56. The van der Waals surface area contributed by atoms with E-state index in [1.54, 1.807) is 0 Å². The second-order valence-electron chi connectivity index (χ2n) is 4.71. The van der Waals surface area contributed by atoms with Crippen molar-refractivity contribution in [2.45, 2.75) is 37.0 Å². The fraction of sp³-hybridized carbons (Fsp3) is 0.538. The molecule has 0 amide bonds. The van der Waals surface area contributed by atoms with Crippen LogP contribution in [0, 0.1) is 11.6 Å². The molecule has 5 heteroatoms. The summed E-state index contributed by atoms with van der Waals surface area (Å²) in [5.74, 6) is -1.22. The average Bonchev–Trinajstić information content (AvgIpc) is 2.34. The summed E-state index contributed by atoms with van der Waals surface area (Å²) in [6.45, 7) is 0. The third-order valence-electron chi connectivity index (χ3n) is 3.42. The Labute approximate surface area is 110 Å². The van der Waals surface area contributed by atoms with Gasteiger partial charge >= 0.3 is 0 Å². The summed E-state index contributed by atoms with van der Waals surface area (Å²) in [5.41, 5.74) is 5.46. The smallest absolute Gasteiger partial charge is 0.151 e. The van der Waals surface area contributed by atoms with Crippen molar-refractivity contribution in [3.8, 4) is 0 Å². The standard InChI is InChI=1S/C13H18F2N2S/c1-18-10-4-2-9(3-5-10)17-13-11(14)6-8(16)7-12(13)15/h6-7,9-10,17H,2-5,16H2,1H3. The summed E-state index contributed by atoms with van der Waals surface area (Å²) in [4.78, 5) is 0.